The van der Waals surface area contributed by atoms with Crippen molar-refractivity contribution in [1.82, 2.24) is 9.80 Å². The molecule has 4 nitrogen and oxygen atoms in total. The molecule has 1 aromatic rings. The zero-order chi connectivity index (χ0) is 14.8. The third-order valence-electron chi connectivity index (χ3n) is 4.59. The molecule has 21 heavy (non-hydrogen) atoms. The van der Waals surface area contributed by atoms with Crippen molar-refractivity contribution in [2.24, 2.45) is 0 Å². The Bertz CT molecular complexity index is 528. The Hall–Kier alpha value is -1.62. The quantitative estimate of drug-likeness (QED) is 0.849. The molecular formula is C16H22FN3O. The summed E-state index contributed by atoms with van der Waals surface area (Å²) < 4.78 is 13.5. The number of anilines is 1. The SMILES string of the molecule is Nc1ccc(C(=O)N2CCCC(N3CCCC3)C2)cc1F. The first-order valence-electron chi connectivity index (χ1n) is 7.73. The van der Waals surface area contributed by atoms with E-state index in [1.54, 1.807) is 6.07 Å². The number of halogens is 1. The summed E-state index contributed by atoms with van der Waals surface area (Å²) in [7, 11) is 0. The number of likely N-dealkylation sites (tertiary alicyclic amines) is 2. The summed E-state index contributed by atoms with van der Waals surface area (Å²) in [6.07, 6.45) is 4.69. The molecule has 1 aromatic carbocycles. The lowest BCUT2D eigenvalue weighted by atomic mass is 10.0. The number of hydrogen-bond donors (Lipinski definition) is 1. The Morgan fingerprint density at radius 2 is 1.95 bits per heavy atom. The van der Waals surface area contributed by atoms with Crippen LogP contribution in [0.3, 0.4) is 0 Å². The van der Waals surface area contributed by atoms with Crippen LogP contribution in [0.4, 0.5) is 10.1 Å². The standard InChI is InChI=1S/C16H22FN3O/c17-14-10-12(5-6-15(14)18)16(21)20-9-3-4-13(11-20)19-7-1-2-8-19/h5-6,10,13H,1-4,7-9,11,18H2. The first kappa shape index (κ1) is 14.3. The average molecular weight is 291 g/mol. The molecule has 2 saturated heterocycles. The van der Waals surface area contributed by atoms with Gasteiger partial charge in [-0.3, -0.25) is 9.69 Å². The third kappa shape index (κ3) is 3.02. The highest BCUT2D eigenvalue weighted by Gasteiger charge is 2.29. The maximum atomic E-state index is 13.5. The van der Waals surface area contributed by atoms with E-state index in [2.05, 4.69) is 4.90 Å². The Balaban J connectivity index is 1.70. The second-order valence-electron chi connectivity index (χ2n) is 6.03. The molecule has 1 amide bonds. The summed E-state index contributed by atoms with van der Waals surface area (Å²) >= 11 is 0. The van der Waals surface area contributed by atoms with E-state index in [1.165, 1.54) is 25.0 Å². The van der Waals surface area contributed by atoms with Gasteiger partial charge in [-0.15, -0.1) is 0 Å². The number of nitrogens with two attached hydrogens (primary N) is 1. The van der Waals surface area contributed by atoms with Crippen molar-refractivity contribution in [3.05, 3.63) is 29.6 Å². The van der Waals surface area contributed by atoms with Crippen LogP contribution in [-0.2, 0) is 0 Å². The molecule has 0 aliphatic carbocycles. The number of nitrogen functional groups attached to an aromatic ring is 1. The first-order valence-corrected chi connectivity index (χ1v) is 7.73. The third-order valence-corrected chi connectivity index (χ3v) is 4.59. The minimum absolute atomic E-state index is 0.0835. The summed E-state index contributed by atoms with van der Waals surface area (Å²) in [6.45, 7) is 3.80. The fourth-order valence-electron chi connectivity index (χ4n) is 3.39. The summed E-state index contributed by atoms with van der Waals surface area (Å²) in [5.41, 5.74) is 5.94. The minimum Gasteiger partial charge on any atom is -0.396 e. The highest BCUT2D eigenvalue weighted by molar-refractivity contribution is 5.94. The van der Waals surface area contributed by atoms with Gasteiger partial charge in [0.15, 0.2) is 0 Å². The van der Waals surface area contributed by atoms with E-state index in [0.717, 1.165) is 39.0 Å². The van der Waals surface area contributed by atoms with Crippen molar-refractivity contribution in [1.29, 1.82) is 0 Å². The molecule has 3 rings (SSSR count). The summed E-state index contributed by atoms with van der Waals surface area (Å²) in [5.74, 6) is -0.605. The van der Waals surface area contributed by atoms with Crippen LogP contribution < -0.4 is 5.73 Å². The lowest BCUT2D eigenvalue weighted by Crippen LogP contribution is -2.49. The molecule has 2 aliphatic heterocycles. The van der Waals surface area contributed by atoms with Crippen LogP contribution in [0.1, 0.15) is 36.0 Å². The van der Waals surface area contributed by atoms with Crippen molar-refractivity contribution >= 4 is 11.6 Å². The second-order valence-corrected chi connectivity index (χ2v) is 6.03. The van der Waals surface area contributed by atoms with Gasteiger partial charge in [0, 0.05) is 24.7 Å². The number of hydrogen-bond acceptors (Lipinski definition) is 3. The van der Waals surface area contributed by atoms with Crippen LogP contribution in [0.2, 0.25) is 0 Å². The topological polar surface area (TPSA) is 49.6 Å². The molecule has 0 radical (unpaired) electrons. The van der Waals surface area contributed by atoms with Crippen LogP contribution in [0.15, 0.2) is 18.2 Å². The van der Waals surface area contributed by atoms with E-state index in [-0.39, 0.29) is 11.6 Å². The normalized spacial score (nSPS) is 23.5. The molecule has 2 N–H and O–H groups in total. The summed E-state index contributed by atoms with van der Waals surface area (Å²) in [4.78, 5) is 16.9. The highest BCUT2D eigenvalue weighted by atomic mass is 19.1. The number of nitrogens with zero attached hydrogens (tertiary/aromatic N) is 2. The molecular weight excluding hydrogens is 269 g/mol. The number of piperidine rings is 1. The maximum absolute atomic E-state index is 13.5. The molecule has 1 atom stereocenters. The predicted octanol–water partition coefficient (Wildman–Crippen LogP) is 2.11. The molecule has 5 heteroatoms. The van der Waals surface area contributed by atoms with Crippen LogP contribution >= 0.6 is 0 Å². The Labute approximate surface area is 124 Å². The van der Waals surface area contributed by atoms with Crippen molar-refractivity contribution in [2.75, 3.05) is 31.9 Å². The smallest absolute Gasteiger partial charge is 0.254 e. The Morgan fingerprint density at radius 3 is 2.67 bits per heavy atom. The van der Waals surface area contributed by atoms with Gasteiger partial charge in [0.1, 0.15) is 5.82 Å². The van der Waals surface area contributed by atoms with E-state index in [1.807, 2.05) is 4.90 Å². The van der Waals surface area contributed by atoms with Crippen molar-refractivity contribution < 1.29 is 9.18 Å². The maximum Gasteiger partial charge on any atom is 0.254 e. The number of carbonyl (C=O) groups is 1. The predicted molar refractivity (Wildman–Crippen MR) is 80.5 cm³/mol. The van der Waals surface area contributed by atoms with Crippen LogP contribution in [-0.4, -0.2) is 47.9 Å². The van der Waals surface area contributed by atoms with Crippen molar-refractivity contribution in [3.63, 3.8) is 0 Å². The van der Waals surface area contributed by atoms with Crippen LogP contribution in [0.5, 0.6) is 0 Å². The van der Waals surface area contributed by atoms with E-state index in [9.17, 15) is 9.18 Å². The number of benzene rings is 1. The number of carbonyl (C=O) groups excluding carboxylic acids is 1. The van der Waals surface area contributed by atoms with Gasteiger partial charge in [0.05, 0.1) is 5.69 Å². The fourth-order valence-corrected chi connectivity index (χ4v) is 3.39. The molecule has 0 saturated carbocycles. The van der Waals surface area contributed by atoms with E-state index in [4.69, 9.17) is 5.73 Å². The van der Waals surface area contributed by atoms with Gasteiger partial charge in [0.2, 0.25) is 0 Å². The number of rotatable bonds is 2. The summed E-state index contributed by atoms with van der Waals surface area (Å²) in [6, 6.07) is 4.78. The van der Waals surface area contributed by atoms with Crippen molar-refractivity contribution in [2.45, 2.75) is 31.7 Å². The zero-order valence-electron chi connectivity index (χ0n) is 12.2. The average Bonchev–Trinajstić information content (AvgIpc) is 3.04. The van der Waals surface area contributed by atoms with Crippen molar-refractivity contribution in [3.8, 4) is 0 Å². The van der Waals surface area contributed by atoms with E-state index in [0.29, 0.717) is 11.6 Å². The first-order chi connectivity index (χ1) is 10.1. The van der Waals surface area contributed by atoms with Gasteiger partial charge in [-0.2, -0.15) is 0 Å². The zero-order valence-corrected chi connectivity index (χ0v) is 12.2. The highest BCUT2D eigenvalue weighted by Crippen LogP contribution is 2.22. The molecule has 0 spiro atoms. The van der Waals surface area contributed by atoms with Gasteiger partial charge >= 0.3 is 0 Å². The van der Waals surface area contributed by atoms with Gasteiger partial charge < -0.3 is 10.6 Å². The molecule has 2 heterocycles. The largest absolute Gasteiger partial charge is 0.396 e. The van der Waals surface area contributed by atoms with Gasteiger partial charge in [-0.1, -0.05) is 0 Å². The monoisotopic (exact) mass is 291 g/mol. The Kier molecular flexibility index (Phi) is 4.10. The molecule has 114 valence electrons. The fraction of sp³-hybridized carbons (Fsp3) is 0.562. The molecule has 2 fully saturated rings. The second kappa shape index (κ2) is 6.02. The van der Waals surface area contributed by atoms with Gasteiger partial charge in [-0.05, 0) is 57.0 Å². The van der Waals surface area contributed by atoms with Crippen LogP contribution in [0.25, 0.3) is 0 Å². The molecule has 0 aromatic heterocycles. The van der Waals surface area contributed by atoms with Gasteiger partial charge in [0.25, 0.3) is 5.91 Å². The molecule has 1 unspecified atom stereocenters. The van der Waals surface area contributed by atoms with Crippen LogP contribution in [0, 0.1) is 5.82 Å². The lowest BCUT2D eigenvalue weighted by molar-refractivity contribution is 0.0607. The molecule has 2 aliphatic rings. The lowest BCUT2D eigenvalue weighted by Gasteiger charge is -2.37. The van der Waals surface area contributed by atoms with E-state index < -0.39 is 5.82 Å². The van der Waals surface area contributed by atoms with E-state index >= 15 is 0 Å². The summed E-state index contributed by atoms with van der Waals surface area (Å²) in [5, 5.41) is 0. The Morgan fingerprint density at radius 1 is 1.19 bits per heavy atom. The van der Waals surface area contributed by atoms with Gasteiger partial charge in [-0.25, -0.2) is 4.39 Å². The number of amides is 1. The minimum atomic E-state index is -0.519. The molecule has 0 bridgehead atoms.